The van der Waals surface area contributed by atoms with E-state index in [1.165, 1.54) is 153 Å². The summed E-state index contributed by atoms with van der Waals surface area (Å²) < 4.78 is 35.4. The van der Waals surface area contributed by atoms with Gasteiger partial charge in [-0.2, -0.15) is 0 Å². The van der Waals surface area contributed by atoms with E-state index in [-0.39, 0.29) is 0 Å². The number of rotatable bonds is 23. The zero-order chi connectivity index (χ0) is 25.3. The van der Waals surface area contributed by atoms with Gasteiger partial charge >= 0.3 is 0 Å². The van der Waals surface area contributed by atoms with E-state index in [0.717, 1.165) is 0 Å². The van der Waals surface area contributed by atoms with Gasteiger partial charge in [-0.05, 0) is 44.9 Å². The number of unbranched alkanes of at least 4 members (excludes halogenated alkanes) is 15. The number of quaternary nitrogens is 1. The predicted molar refractivity (Wildman–Crippen MR) is 130 cm³/mol. The van der Waals surface area contributed by atoms with Crippen molar-refractivity contribution < 1.29 is 33.4 Å². The van der Waals surface area contributed by atoms with Gasteiger partial charge in [0.15, 0.2) is 0 Å². The highest BCUT2D eigenvalue weighted by Crippen LogP contribution is 2.19. The lowest BCUT2D eigenvalue weighted by Gasteiger charge is -2.39. The van der Waals surface area contributed by atoms with Gasteiger partial charge < -0.3 is 4.48 Å². The van der Waals surface area contributed by atoms with Gasteiger partial charge in [0.1, 0.15) is 0 Å². The zero-order valence-corrected chi connectivity index (χ0v) is 23.5. The van der Waals surface area contributed by atoms with Crippen molar-refractivity contribution in [1.82, 2.24) is 0 Å². The fourth-order valence-electron chi connectivity index (χ4n) is 4.83. The maximum absolute atomic E-state index is 8.49. The average Bonchev–Trinajstić information content (AvgIpc) is 2.74. The highest BCUT2D eigenvalue weighted by molar-refractivity contribution is 4.53. The first-order chi connectivity index (χ1) is 15.7. The van der Waals surface area contributed by atoms with Crippen LogP contribution >= 0.6 is 0 Å². The summed E-state index contributed by atoms with van der Waals surface area (Å²) in [6.07, 6.45) is 27.3. The molecular weight excluding hydrogens is 438 g/mol. The highest BCUT2D eigenvalue weighted by Gasteiger charge is 2.25. The van der Waals surface area contributed by atoms with Gasteiger partial charge in [0.05, 0.1) is 26.2 Å². The summed E-state index contributed by atoms with van der Waals surface area (Å²) >= 11 is 0. The molecule has 0 fully saturated rings. The monoisotopic (exact) mass is 495 g/mol. The molecule has 0 saturated heterocycles. The highest BCUT2D eigenvalue weighted by atomic mass is 35.7. The molecule has 5 nitrogen and oxygen atoms in total. The Morgan fingerprint density at radius 1 is 0.364 bits per heavy atom. The van der Waals surface area contributed by atoms with Crippen LogP contribution in [-0.2, 0) is 0 Å². The minimum Gasteiger partial charge on any atom is -0.324 e. The summed E-state index contributed by atoms with van der Waals surface area (Å²) in [6.45, 7) is 15.2. The molecule has 0 radical (unpaired) electrons. The van der Waals surface area contributed by atoms with Crippen LogP contribution in [0.25, 0.3) is 0 Å². The summed E-state index contributed by atoms with van der Waals surface area (Å²) in [5, 5.41) is 0. The molecule has 0 aromatic rings. The molecule has 6 heteroatoms. The van der Waals surface area contributed by atoms with Crippen molar-refractivity contribution in [1.29, 1.82) is 0 Å². The van der Waals surface area contributed by atoms with E-state index in [1.807, 2.05) is 0 Å². The average molecular weight is 496 g/mol. The van der Waals surface area contributed by atoms with Gasteiger partial charge in [0.25, 0.3) is 0 Å². The lowest BCUT2D eigenvalue weighted by atomic mass is 10.1. The molecule has 0 spiro atoms. The van der Waals surface area contributed by atoms with Crippen molar-refractivity contribution in [2.24, 2.45) is 0 Å². The second kappa shape index (κ2) is 25.2. The predicted octanol–water partition coefficient (Wildman–Crippen LogP) is 4.54. The number of hydrogen-bond donors (Lipinski definition) is 0. The molecule has 0 saturated carbocycles. The molecule has 0 unspecified atom stereocenters. The van der Waals surface area contributed by atoms with Crippen LogP contribution in [0.3, 0.4) is 0 Å². The molecule has 0 aliphatic carbocycles. The molecule has 0 N–H and O–H groups in total. The fraction of sp³-hybridized carbons (Fsp3) is 1.00. The normalized spacial score (nSPS) is 12.0. The van der Waals surface area contributed by atoms with Crippen molar-refractivity contribution in [3.8, 4) is 0 Å². The Kier molecular flexibility index (Phi) is 26.9. The molecule has 0 aromatic carbocycles. The third-order valence-corrected chi connectivity index (χ3v) is 6.66. The molecule has 0 bridgehead atoms. The summed E-state index contributed by atoms with van der Waals surface area (Å²) in [4.78, 5) is 0. The van der Waals surface area contributed by atoms with Crippen LogP contribution in [0.5, 0.6) is 0 Å². The maximum Gasteiger partial charge on any atom is 0.0786 e. The van der Waals surface area contributed by atoms with E-state index in [9.17, 15) is 0 Å². The van der Waals surface area contributed by atoms with Crippen LogP contribution in [0.15, 0.2) is 0 Å². The Labute approximate surface area is 209 Å². The molecule has 0 atom stereocenters. The van der Waals surface area contributed by atoms with Crippen LogP contribution in [-0.4, -0.2) is 30.7 Å². The molecule has 33 heavy (non-hydrogen) atoms. The first-order valence-electron chi connectivity index (χ1n) is 14.2. The molecule has 0 aromatic heterocycles. The fourth-order valence-corrected chi connectivity index (χ4v) is 4.83. The molecule has 0 heterocycles. The first-order valence-corrected chi connectivity index (χ1v) is 15.4. The number of hydrogen-bond acceptors (Lipinski definition) is 4. The Balaban J connectivity index is 0. The van der Waals surface area contributed by atoms with Crippen molar-refractivity contribution >= 4 is 0 Å². The largest absolute Gasteiger partial charge is 0.324 e. The van der Waals surface area contributed by atoms with Gasteiger partial charge in [-0.15, -0.1) is 10.2 Å². The van der Waals surface area contributed by atoms with Crippen molar-refractivity contribution in [3.05, 3.63) is 0 Å². The van der Waals surface area contributed by atoms with Crippen LogP contribution in [0.1, 0.15) is 150 Å². The topological polar surface area (TPSA) is 92.2 Å². The summed E-state index contributed by atoms with van der Waals surface area (Å²) in [6, 6.07) is 0. The van der Waals surface area contributed by atoms with E-state index in [0.29, 0.717) is 0 Å². The molecule has 0 rings (SSSR count). The van der Waals surface area contributed by atoms with Gasteiger partial charge in [0.2, 0.25) is 0 Å². The van der Waals surface area contributed by atoms with E-state index >= 15 is 0 Å². The van der Waals surface area contributed by atoms with Crippen molar-refractivity contribution in [3.63, 3.8) is 0 Å². The van der Waals surface area contributed by atoms with Gasteiger partial charge in [-0.1, -0.05) is 105 Å². The van der Waals surface area contributed by atoms with E-state index in [4.69, 9.17) is 18.6 Å². The summed E-state index contributed by atoms with van der Waals surface area (Å²) in [5.41, 5.74) is 0. The number of nitrogens with zero attached hydrogens (tertiary/aromatic N) is 1. The molecule has 0 aliphatic rings. The van der Waals surface area contributed by atoms with Crippen molar-refractivity contribution in [2.45, 2.75) is 150 Å². The van der Waals surface area contributed by atoms with Crippen LogP contribution in [0, 0.1) is 10.2 Å². The van der Waals surface area contributed by atoms with Gasteiger partial charge in [-0.25, -0.2) is 18.6 Å². The molecular formula is C27H58ClNO4. The SMILES string of the molecule is CCCCCCCC[N+](CCC)(CCCCCCCC)CCCCCCCC.[O-][Cl+3]([O-])([O-])[O-]. The second-order valence-corrected chi connectivity index (χ2v) is 10.7. The lowest BCUT2D eigenvalue weighted by molar-refractivity contribution is -2.00. The summed E-state index contributed by atoms with van der Waals surface area (Å²) in [5.74, 6) is 0. The smallest absolute Gasteiger partial charge is 0.0786 e. The first kappa shape index (κ1) is 35.3. The third-order valence-electron chi connectivity index (χ3n) is 6.66. The summed E-state index contributed by atoms with van der Waals surface area (Å²) in [7, 11) is -4.94. The quantitative estimate of drug-likeness (QED) is 0.154. The molecule has 0 amide bonds. The van der Waals surface area contributed by atoms with E-state index in [1.54, 1.807) is 0 Å². The lowest BCUT2D eigenvalue weighted by Crippen LogP contribution is -2.68. The molecule has 202 valence electrons. The van der Waals surface area contributed by atoms with E-state index in [2.05, 4.69) is 27.7 Å². The Morgan fingerprint density at radius 3 is 0.848 bits per heavy atom. The zero-order valence-electron chi connectivity index (χ0n) is 22.7. The second-order valence-electron chi connectivity index (χ2n) is 9.92. The minimum atomic E-state index is -4.94. The standard InChI is InChI=1S/C27H58N.ClHO4/c1-5-9-12-15-18-21-25-28(24-8-4,26-22-19-16-13-10-6-2)27-23-20-17-14-11-7-3;2-1(3,4)5/h5-27H2,1-4H3;(H,2,3,4,5)/q+1;/p-1. The van der Waals surface area contributed by atoms with E-state index < -0.39 is 10.2 Å². The maximum atomic E-state index is 8.49. The Hall–Kier alpha value is 0.0900. The van der Waals surface area contributed by atoms with Crippen molar-refractivity contribution in [2.75, 3.05) is 26.2 Å². The van der Waals surface area contributed by atoms with Crippen LogP contribution in [0.4, 0.5) is 0 Å². The van der Waals surface area contributed by atoms with Crippen LogP contribution < -0.4 is 18.6 Å². The Morgan fingerprint density at radius 2 is 0.606 bits per heavy atom. The Bertz CT molecular complexity index is 331. The number of halogens is 1. The molecule has 0 aliphatic heterocycles. The third kappa shape index (κ3) is 30.1. The van der Waals surface area contributed by atoms with Gasteiger partial charge in [-0.3, -0.25) is 0 Å². The van der Waals surface area contributed by atoms with Gasteiger partial charge in [0, 0.05) is 0 Å². The van der Waals surface area contributed by atoms with Crippen LogP contribution in [0.2, 0.25) is 0 Å². The minimum absolute atomic E-state index is 1.36.